The summed E-state index contributed by atoms with van der Waals surface area (Å²) in [5.74, 6) is 0. The standard InChI is InChI=1S/C8H7N3O3S/c12-13-14-15-7-3-1-6(2-4-7)8-5-9-11-10-8/h1-5,12H,(H,9,10,11). The van der Waals surface area contributed by atoms with Crippen LogP contribution in [0.4, 0.5) is 0 Å². The molecule has 0 bridgehead atoms. The van der Waals surface area contributed by atoms with Crippen molar-refractivity contribution in [3.05, 3.63) is 30.5 Å². The van der Waals surface area contributed by atoms with Gasteiger partial charge in [-0.3, -0.25) is 0 Å². The third-order valence-corrected chi connectivity index (χ3v) is 2.32. The Hall–Kier alpha value is -1.41. The average Bonchev–Trinajstić information content (AvgIpc) is 2.80. The van der Waals surface area contributed by atoms with E-state index in [2.05, 4.69) is 24.8 Å². The summed E-state index contributed by atoms with van der Waals surface area (Å²) in [5, 5.41) is 21.6. The van der Waals surface area contributed by atoms with Gasteiger partial charge in [-0.2, -0.15) is 15.4 Å². The molecule has 0 saturated carbocycles. The molecule has 78 valence electrons. The normalized spacial score (nSPS) is 10.5. The van der Waals surface area contributed by atoms with Crippen molar-refractivity contribution in [1.29, 1.82) is 0 Å². The smallest absolute Gasteiger partial charge is 0.112 e. The molecule has 7 heteroatoms. The lowest BCUT2D eigenvalue weighted by Crippen LogP contribution is -1.80. The quantitative estimate of drug-likeness (QED) is 0.470. The average molecular weight is 225 g/mol. The van der Waals surface area contributed by atoms with Crippen molar-refractivity contribution in [2.24, 2.45) is 0 Å². The Bertz CT molecular complexity index is 404. The van der Waals surface area contributed by atoms with Gasteiger partial charge in [0.15, 0.2) is 0 Å². The van der Waals surface area contributed by atoms with Gasteiger partial charge in [-0.25, -0.2) is 5.26 Å². The minimum atomic E-state index is 0.769. The number of nitrogens with one attached hydrogen (secondary N) is 1. The van der Waals surface area contributed by atoms with E-state index < -0.39 is 0 Å². The topological polar surface area (TPSA) is 80.3 Å². The molecule has 0 atom stereocenters. The summed E-state index contributed by atoms with van der Waals surface area (Å²) in [4.78, 5) is 0.802. The fourth-order valence-corrected chi connectivity index (χ4v) is 1.43. The third kappa shape index (κ3) is 2.54. The first-order valence-corrected chi connectivity index (χ1v) is 4.75. The zero-order valence-corrected chi connectivity index (χ0v) is 8.27. The van der Waals surface area contributed by atoms with Crippen molar-refractivity contribution >= 4 is 12.0 Å². The number of H-pyrrole nitrogens is 1. The lowest BCUT2D eigenvalue weighted by Gasteiger charge is -1.98. The minimum absolute atomic E-state index is 0.769. The van der Waals surface area contributed by atoms with Crippen LogP contribution >= 0.6 is 12.0 Å². The van der Waals surface area contributed by atoms with Crippen LogP contribution in [0.25, 0.3) is 11.3 Å². The van der Waals surface area contributed by atoms with Crippen LogP contribution in [0.1, 0.15) is 0 Å². The van der Waals surface area contributed by atoms with E-state index in [9.17, 15) is 0 Å². The number of nitrogens with zero attached hydrogens (tertiary/aromatic N) is 2. The Kier molecular flexibility index (Phi) is 3.30. The Morgan fingerprint density at radius 1 is 1.27 bits per heavy atom. The Labute approximate surface area is 89.3 Å². The van der Waals surface area contributed by atoms with Crippen molar-refractivity contribution in [3.8, 4) is 11.3 Å². The van der Waals surface area contributed by atoms with Crippen molar-refractivity contribution < 1.29 is 14.6 Å². The number of aromatic nitrogens is 3. The molecule has 0 spiro atoms. The van der Waals surface area contributed by atoms with Crippen molar-refractivity contribution in [2.75, 3.05) is 0 Å². The van der Waals surface area contributed by atoms with Crippen LogP contribution in [0.5, 0.6) is 0 Å². The first kappa shape index (κ1) is 10.1. The summed E-state index contributed by atoms with van der Waals surface area (Å²) in [7, 11) is 0. The summed E-state index contributed by atoms with van der Waals surface area (Å²) in [6.07, 6.45) is 1.63. The highest BCUT2D eigenvalue weighted by atomic mass is 32.2. The van der Waals surface area contributed by atoms with E-state index in [0.29, 0.717) is 0 Å². The van der Waals surface area contributed by atoms with Gasteiger partial charge in [0.05, 0.1) is 18.2 Å². The van der Waals surface area contributed by atoms with E-state index in [1.807, 2.05) is 24.3 Å². The van der Waals surface area contributed by atoms with Gasteiger partial charge in [0, 0.05) is 10.5 Å². The summed E-state index contributed by atoms with van der Waals surface area (Å²) in [6.45, 7) is 0. The fourth-order valence-electron chi connectivity index (χ4n) is 1.08. The van der Waals surface area contributed by atoms with E-state index >= 15 is 0 Å². The highest BCUT2D eigenvalue weighted by Crippen LogP contribution is 2.22. The van der Waals surface area contributed by atoms with Crippen LogP contribution in [0.15, 0.2) is 35.4 Å². The molecule has 1 aromatic carbocycles. The van der Waals surface area contributed by atoms with Gasteiger partial charge in [0.1, 0.15) is 5.69 Å². The molecule has 0 aliphatic heterocycles. The molecule has 2 rings (SSSR count). The largest absolute Gasteiger partial charge is 0.220 e. The van der Waals surface area contributed by atoms with E-state index in [4.69, 9.17) is 5.26 Å². The van der Waals surface area contributed by atoms with Gasteiger partial charge in [-0.1, -0.05) is 17.2 Å². The number of hydrogen-bond donors (Lipinski definition) is 2. The first-order chi connectivity index (χ1) is 7.40. The maximum atomic E-state index is 7.97. The Balaban J connectivity index is 2.11. The molecular weight excluding hydrogens is 218 g/mol. The number of rotatable bonds is 4. The molecule has 1 heterocycles. The number of benzene rings is 1. The Morgan fingerprint density at radius 3 is 2.67 bits per heavy atom. The van der Waals surface area contributed by atoms with E-state index in [0.717, 1.165) is 28.2 Å². The number of hydrogen-bond acceptors (Lipinski definition) is 6. The molecule has 2 N–H and O–H groups in total. The van der Waals surface area contributed by atoms with E-state index in [1.165, 1.54) is 0 Å². The highest BCUT2D eigenvalue weighted by Gasteiger charge is 2.01. The van der Waals surface area contributed by atoms with Gasteiger partial charge >= 0.3 is 0 Å². The highest BCUT2D eigenvalue weighted by molar-refractivity contribution is 7.94. The van der Waals surface area contributed by atoms with Crippen molar-refractivity contribution in [3.63, 3.8) is 0 Å². The summed E-state index contributed by atoms with van der Waals surface area (Å²) in [5.41, 5.74) is 1.71. The first-order valence-electron chi connectivity index (χ1n) is 4.01. The summed E-state index contributed by atoms with van der Waals surface area (Å²) in [6, 6.07) is 7.35. The molecule has 0 unspecified atom stereocenters. The lowest BCUT2D eigenvalue weighted by molar-refractivity contribution is -0.432. The van der Waals surface area contributed by atoms with Gasteiger partial charge in [0.25, 0.3) is 0 Å². The van der Waals surface area contributed by atoms with Crippen LogP contribution in [0, 0.1) is 0 Å². The van der Waals surface area contributed by atoms with E-state index in [-0.39, 0.29) is 0 Å². The molecule has 0 saturated heterocycles. The van der Waals surface area contributed by atoms with Gasteiger partial charge < -0.3 is 0 Å². The summed E-state index contributed by atoms with van der Waals surface area (Å²) >= 11 is 0.910. The molecule has 1 aromatic heterocycles. The molecule has 2 aromatic rings. The lowest BCUT2D eigenvalue weighted by atomic mass is 10.2. The molecule has 0 aliphatic rings. The zero-order chi connectivity index (χ0) is 10.5. The van der Waals surface area contributed by atoms with Gasteiger partial charge in [-0.05, 0) is 12.1 Å². The molecule has 6 nitrogen and oxygen atoms in total. The second-order valence-electron chi connectivity index (χ2n) is 2.61. The van der Waals surface area contributed by atoms with Crippen molar-refractivity contribution in [2.45, 2.75) is 4.90 Å². The molecular formula is C8H7N3O3S. The van der Waals surface area contributed by atoms with Crippen LogP contribution in [0.2, 0.25) is 0 Å². The minimum Gasteiger partial charge on any atom is -0.220 e. The molecule has 0 radical (unpaired) electrons. The van der Waals surface area contributed by atoms with Gasteiger partial charge in [0.2, 0.25) is 0 Å². The van der Waals surface area contributed by atoms with Crippen LogP contribution in [0.3, 0.4) is 0 Å². The number of aromatic amines is 1. The molecule has 0 aliphatic carbocycles. The molecule has 15 heavy (non-hydrogen) atoms. The van der Waals surface area contributed by atoms with Crippen LogP contribution in [-0.4, -0.2) is 20.7 Å². The van der Waals surface area contributed by atoms with E-state index in [1.54, 1.807) is 6.20 Å². The van der Waals surface area contributed by atoms with Gasteiger partial charge in [-0.15, -0.1) is 4.33 Å². The predicted molar refractivity (Wildman–Crippen MR) is 52.5 cm³/mol. The summed E-state index contributed by atoms with van der Waals surface area (Å²) < 4.78 is 4.29. The second-order valence-corrected chi connectivity index (χ2v) is 3.38. The fraction of sp³-hybridized carbons (Fsp3) is 0. The SMILES string of the molecule is OOOSc1ccc(-c2cn[nH]n2)cc1. The van der Waals surface area contributed by atoms with Crippen molar-refractivity contribution in [1.82, 2.24) is 15.4 Å². The Morgan fingerprint density at radius 2 is 2.07 bits per heavy atom. The third-order valence-electron chi connectivity index (χ3n) is 1.73. The van der Waals surface area contributed by atoms with Crippen LogP contribution in [-0.2, 0) is 9.37 Å². The van der Waals surface area contributed by atoms with Crippen LogP contribution < -0.4 is 0 Å². The maximum Gasteiger partial charge on any atom is 0.112 e. The molecule has 0 amide bonds. The monoisotopic (exact) mass is 225 g/mol. The second kappa shape index (κ2) is 4.89. The zero-order valence-electron chi connectivity index (χ0n) is 7.45. The maximum absolute atomic E-state index is 7.97. The predicted octanol–water partition coefficient (Wildman–Crippen LogP) is 1.90. The molecule has 0 fully saturated rings.